The maximum atomic E-state index is 13.1. The van der Waals surface area contributed by atoms with Crippen molar-refractivity contribution in [1.29, 1.82) is 0 Å². The molecule has 0 bridgehead atoms. The first kappa shape index (κ1) is 42.0. The van der Waals surface area contributed by atoms with Crippen LogP contribution in [-0.4, -0.2) is 83.1 Å². The number of aromatic amines is 1. The number of phenolic OH excluding ortho intramolecular Hbond substituents is 1. The Morgan fingerprint density at radius 2 is 1.76 bits per heavy atom. The van der Waals surface area contributed by atoms with Crippen LogP contribution in [0.1, 0.15) is 54.9 Å². The summed E-state index contributed by atoms with van der Waals surface area (Å²) in [5.74, 6) is 0.423. The highest BCUT2D eigenvalue weighted by Gasteiger charge is 2.31. The first-order valence-corrected chi connectivity index (χ1v) is 19.7. The number of H-pyrrole nitrogens is 1. The molecule has 7 N–H and O–H groups in total. The van der Waals surface area contributed by atoms with Crippen molar-refractivity contribution >= 4 is 40.2 Å². The molecule has 0 unspecified atom stereocenters. The van der Waals surface area contributed by atoms with Crippen molar-refractivity contribution in [2.45, 2.75) is 63.3 Å². The van der Waals surface area contributed by atoms with E-state index in [1.54, 1.807) is 36.2 Å². The number of carboxylic acid groups (broad SMARTS) is 1. The molecular formula is C44H50ClN5O8. The van der Waals surface area contributed by atoms with Gasteiger partial charge in [-0.15, -0.1) is 0 Å². The van der Waals surface area contributed by atoms with Crippen molar-refractivity contribution in [3.8, 4) is 28.4 Å². The molecule has 1 heterocycles. The number of hydrogen-bond acceptors (Lipinski definition) is 9. The number of benzene rings is 4. The number of phenols is 1. The Bertz CT molecular complexity index is 2280. The van der Waals surface area contributed by atoms with E-state index >= 15 is 0 Å². The highest BCUT2D eigenvalue weighted by molar-refractivity contribution is 6.32. The number of aryl methyl sites for hydroxylation is 1. The lowest BCUT2D eigenvalue weighted by Gasteiger charge is -2.35. The molecule has 13 nitrogen and oxygen atoms in total. The number of rotatable bonds is 16. The number of anilines is 1. The Morgan fingerprint density at radius 3 is 2.48 bits per heavy atom. The van der Waals surface area contributed by atoms with Crippen LogP contribution in [0.3, 0.4) is 0 Å². The second-order valence-electron chi connectivity index (χ2n) is 14.7. The van der Waals surface area contributed by atoms with E-state index in [9.17, 15) is 29.7 Å². The Morgan fingerprint density at radius 1 is 1.00 bits per heavy atom. The normalized spacial score (nSPS) is 15.8. The number of carbonyl (C=O) groups excluding carboxylic acids is 1. The lowest BCUT2D eigenvalue weighted by atomic mass is 9.89. The summed E-state index contributed by atoms with van der Waals surface area (Å²) in [5, 5.41) is 35.5. The smallest absolute Gasteiger partial charge is 0.412 e. The van der Waals surface area contributed by atoms with Crippen LogP contribution in [0.5, 0.6) is 17.2 Å². The third kappa shape index (κ3) is 10.1. The number of aliphatic hydroxyl groups excluding tert-OH is 1. The van der Waals surface area contributed by atoms with Crippen molar-refractivity contribution in [2.24, 2.45) is 5.73 Å². The fraction of sp³-hybridized carbons (Fsp3) is 0.341. The number of fused-ring (bicyclic) bond motifs is 1. The summed E-state index contributed by atoms with van der Waals surface area (Å²) in [4.78, 5) is 43.4. The zero-order valence-electron chi connectivity index (χ0n) is 32.6. The summed E-state index contributed by atoms with van der Waals surface area (Å²) in [6.45, 7) is 0.640. The number of methoxy groups -OCH3 is 1. The van der Waals surface area contributed by atoms with Crippen LogP contribution >= 0.6 is 11.6 Å². The van der Waals surface area contributed by atoms with E-state index in [-0.39, 0.29) is 65.3 Å². The molecule has 5 aromatic rings. The van der Waals surface area contributed by atoms with Gasteiger partial charge in [-0.2, -0.15) is 0 Å². The van der Waals surface area contributed by atoms with E-state index in [0.717, 1.165) is 29.5 Å². The van der Waals surface area contributed by atoms with Gasteiger partial charge in [0.25, 0.3) is 5.91 Å². The Kier molecular flexibility index (Phi) is 13.9. The van der Waals surface area contributed by atoms with Crippen LogP contribution in [0.15, 0.2) is 89.7 Å². The molecule has 58 heavy (non-hydrogen) atoms. The van der Waals surface area contributed by atoms with E-state index in [1.807, 2.05) is 48.5 Å². The maximum absolute atomic E-state index is 13.1. The molecule has 14 heteroatoms. The van der Waals surface area contributed by atoms with Crippen LogP contribution in [0.2, 0.25) is 5.02 Å². The van der Waals surface area contributed by atoms with E-state index in [2.05, 4.69) is 10.3 Å². The van der Waals surface area contributed by atoms with E-state index < -0.39 is 12.2 Å². The third-order valence-corrected chi connectivity index (χ3v) is 11.0. The number of aromatic hydroxyl groups is 1. The van der Waals surface area contributed by atoms with Gasteiger partial charge in [-0.25, -0.2) is 4.79 Å². The zero-order chi connectivity index (χ0) is 41.3. The quantitative estimate of drug-likeness (QED) is 0.0633. The SMILES string of the molecule is COc1cc(OCC(=O)N(C)CCCc2ccc(-c3ccccc3)c(N(C(=O)O)C3CCC(N)CC3)c2)c(Cl)cc1CNC[C@@H](O)c1ccc(O)c2[nH]c(=O)ccc12. The monoisotopic (exact) mass is 811 g/mol. The van der Waals surface area contributed by atoms with Crippen LogP contribution in [0, 0.1) is 0 Å². The van der Waals surface area contributed by atoms with Gasteiger partial charge in [0.15, 0.2) is 6.61 Å². The van der Waals surface area contributed by atoms with Crippen molar-refractivity contribution in [2.75, 3.05) is 38.8 Å². The minimum absolute atomic E-state index is 0.0879. The number of amides is 2. The van der Waals surface area contributed by atoms with Gasteiger partial charge < -0.3 is 45.7 Å². The molecule has 0 spiro atoms. The average Bonchev–Trinajstić information content (AvgIpc) is 3.21. The standard InChI is InChI=1S/C44H50ClN5O8/c1-49(20-6-7-27-10-15-32(28-8-4-3-5-9-28)36(21-27)50(44(55)56)31-13-11-30(46)12-14-31)42(54)26-58-40-23-39(57-2)29(22-35(40)45)24-47-25-38(52)33-16-18-37(51)43-34(33)17-19-41(53)48-43/h3-5,8-10,15-19,21-23,30-31,38,47,51-52H,6-7,11-14,20,24-26,46H2,1-2H3,(H,48,53)(H,55,56)/t30?,31?,38-/m1/s1. The van der Waals surface area contributed by atoms with Gasteiger partial charge in [0, 0.05) is 67.4 Å². The molecule has 1 aliphatic rings. The number of aromatic nitrogens is 1. The van der Waals surface area contributed by atoms with Gasteiger partial charge in [-0.3, -0.25) is 14.5 Å². The Balaban J connectivity index is 1.03. The molecule has 6 rings (SSSR count). The van der Waals surface area contributed by atoms with E-state index in [1.165, 1.54) is 24.1 Å². The molecule has 2 amide bonds. The van der Waals surface area contributed by atoms with Crippen molar-refractivity contribution < 1.29 is 34.4 Å². The van der Waals surface area contributed by atoms with Crippen LogP contribution in [0.25, 0.3) is 22.0 Å². The number of pyridine rings is 1. The van der Waals surface area contributed by atoms with Gasteiger partial charge in [0.2, 0.25) is 5.56 Å². The molecular weight excluding hydrogens is 762 g/mol. The number of halogens is 1. The van der Waals surface area contributed by atoms with Gasteiger partial charge in [0.1, 0.15) is 17.2 Å². The molecule has 1 atom stereocenters. The lowest BCUT2D eigenvalue weighted by Crippen LogP contribution is -2.44. The minimum Gasteiger partial charge on any atom is -0.506 e. The zero-order valence-corrected chi connectivity index (χ0v) is 33.4. The molecule has 0 radical (unpaired) electrons. The number of nitrogens with one attached hydrogen (secondary N) is 2. The second kappa shape index (κ2) is 19.2. The van der Waals surface area contributed by atoms with Gasteiger partial charge >= 0.3 is 6.09 Å². The Hall–Kier alpha value is -5.60. The summed E-state index contributed by atoms with van der Waals surface area (Å²) >= 11 is 6.58. The van der Waals surface area contributed by atoms with Gasteiger partial charge in [-0.05, 0) is 79.5 Å². The van der Waals surface area contributed by atoms with Crippen molar-refractivity contribution in [1.82, 2.24) is 15.2 Å². The van der Waals surface area contributed by atoms with Crippen molar-refractivity contribution in [3.63, 3.8) is 0 Å². The number of likely N-dealkylation sites (N-methyl/N-ethyl adjacent to an activating group) is 1. The Labute approximate surface area is 342 Å². The first-order chi connectivity index (χ1) is 27.9. The largest absolute Gasteiger partial charge is 0.506 e. The molecule has 1 saturated carbocycles. The molecule has 4 aromatic carbocycles. The van der Waals surface area contributed by atoms with Gasteiger partial charge in [0.05, 0.1) is 29.4 Å². The number of hydrogen-bond donors (Lipinski definition) is 6. The van der Waals surface area contributed by atoms with E-state index in [4.69, 9.17) is 26.8 Å². The number of nitrogens with zero attached hydrogens (tertiary/aromatic N) is 2. The second-order valence-corrected chi connectivity index (χ2v) is 15.1. The highest BCUT2D eigenvalue weighted by Crippen LogP contribution is 2.37. The molecule has 1 aromatic heterocycles. The summed E-state index contributed by atoms with van der Waals surface area (Å²) in [5.41, 5.74) is 10.7. The highest BCUT2D eigenvalue weighted by atomic mass is 35.5. The topological polar surface area (TPSA) is 191 Å². The first-order valence-electron chi connectivity index (χ1n) is 19.4. The average molecular weight is 812 g/mol. The van der Waals surface area contributed by atoms with Crippen molar-refractivity contribution in [3.05, 3.63) is 117 Å². The van der Waals surface area contributed by atoms with Crippen LogP contribution in [0.4, 0.5) is 10.5 Å². The van der Waals surface area contributed by atoms with Crippen LogP contribution < -0.4 is 31.0 Å². The predicted octanol–water partition coefficient (Wildman–Crippen LogP) is 6.61. The van der Waals surface area contributed by atoms with E-state index in [0.29, 0.717) is 60.2 Å². The number of carbonyl (C=O) groups is 2. The number of nitrogens with two attached hydrogens (primary N) is 1. The fourth-order valence-electron chi connectivity index (χ4n) is 7.52. The number of ether oxygens (including phenoxy) is 2. The number of aliphatic hydroxyl groups is 1. The molecule has 0 saturated heterocycles. The molecule has 1 fully saturated rings. The fourth-order valence-corrected chi connectivity index (χ4v) is 7.76. The molecule has 306 valence electrons. The predicted molar refractivity (Wildman–Crippen MR) is 225 cm³/mol. The molecule has 1 aliphatic carbocycles. The lowest BCUT2D eigenvalue weighted by molar-refractivity contribution is -0.132. The summed E-state index contributed by atoms with van der Waals surface area (Å²) in [7, 11) is 3.22. The minimum atomic E-state index is -0.985. The summed E-state index contributed by atoms with van der Waals surface area (Å²) < 4.78 is 11.4. The summed E-state index contributed by atoms with van der Waals surface area (Å²) in [6.07, 6.45) is 2.31. The van der Waals surface area contributed by atoms with Crippen LogP contribution in [-0.2, 0) is 17.8 Å². The maximum Gasteiger partial charge on any atom is 0.412 e. The third-order valence-electron chi connectivity index (χ3n) is 10.7. The summed E-state index contributed by atoms with van der Waals surface area (Å²) in [6, 6.07) is 24.9. The van der Waals surface area contributed by atoms with Gasteiger partial charge in [-0.1, -0.05) is 60.1 Å². The molecule has 0 aliphatic heterocycles.